The predicted molar refractivity (Wildman–Crippen MR) is 72.4 cm³/mol. The van der Waals surface area contributed by atoms with Crippen molar-refractivity contribution in [3.63, 3.8) is 0 Å². The zero-order valence-electron chi connectivity index (χ0n) is 9.93. The van der Waals surface area contributed by atoms with Crippen molar-refractivity contribution in [1.82, 2.24) is 0 Å². The maximum absolute atomic E-state index is 10.0. The Hall–Kier alpha value is -0.150. The van der Waals surface area contributed by atoms with Crippen LogP contribution in [0.4, 0.5) is 0 Å². The third kappa shape index (κ3) is 3.92. The van der Waals surface area contributed by atoms with Crippen LogP contribution in [0.3, 0.4) is 0 Å². The summed E-state index contributed by atoms with van der Waals surface area (Å²) in [5.41, 5.74) is -0.921. The second-order valence-corrected chi connectivity index (χ2v) is 5.72. The zero-order chi connectivity index (χ0) is 13.2. The van der Waals surface area contributed by atoms with Crippen molar-refractivity contribution in [3.05, 3.63) is 27.2 Å². The highest BCUT2D eigenvalue weighted by Crippen LogP contribution is 2.34. The molecule has 0 aliphatic carbocycles. The second-order valence-electron chi connectivity index (χ2n) is 4.50. The predicted octanol–water partition coefficient (Wildman–Crippen LogP) is 4.43. The van der Waals surface area contributed by atoms with Crippen molar-refractivity contribution in [2.24, 2.45) is 5.92 Å². The van der Waals surface area contributed by atoms with Gasteiger partial charge in [-0.15, -0.1) is 0 Å². The van der Waals surface area contributed by atoms with E-state index in [0.717, 1.165) is 0 Å². The SMILES string of the molecule is CC(C)C(C)(O)COc1cc(Cl)c(Cl)cc1Cl. The Labute approximate surface area is 116 Å². The van der Waals surface area contributed by atoms with Crippen LogP contribution in [0.5, 0.6) is 5.75 Å². The molecule has 0 heterocycles. The van der Waals surface area contributed by atoms with Gasteiger partial charge in [-0.3, -0.25) is 0 Å². The molecular formula is C12H15Cl3O2. The van der Waals surface area contributed by atoms with Gasteiger partial charge in [0.2, 0.25) is 0 Å². The lowest BCUT2D eigenvalue weighted by Gasteiger charge is -2.27. The molecule has 0 bridgehead atoms. The lowest BCUT2D eigenvalue weighted by molar-refractivity contribution is -0.0266. The molecule has 1 unspecified atom stereocenters. The molecule has 0 fully saturated rings. The Bertz CT molecular complexity index is 403. The van der Waals surface area contributed by atoms with E-state index in [-0.39, 0.29) is 12.5 Å². The summed E-state index contributed by atoms with van der Waals surface area (Å²) in [6, 6.07) is 3.06. The van der Waals surface area contributed by atoms with E-state index in [0.29, 0.717) is 20.8 Å². The van der Waals surface area contributed by atoms with Crippen molar-refractivity contribution < 1.29 is 9.84 Å². The first-order valence-electron chi connectivity index (χ1n) is 5.23. The Morgan fingerprint density at radius 2 is 1.71 bits per heavy atom. The highest BCUT2D eigenvalue weighted by atomic mass is 35.5. The number of aliphatic hydroxyl groups is 1. The van der Waals surface area contributed by atoms with Crippen LogP contribution in [0.25, 0.3) is 0 Å². The van der Waals surface area contributed by atoms with Gasteiger partial charge in [0.25, 0.3) is 0 Å². The summed E-state index contributed by atoms with van der Waals surface area (Å²) in [6.07, 6.45) is 0. The summed E-state index contributed by atoms with van der Waals surface area (Å²) >= 11 is 17.6. The first-order valence-corrected chi connectivity index (χ1v) is 6.37. The largest absolute Gasteiger partial charge is 0.489 e. The van der Waals surface area contributed by atoms with Crippen LogP contribution in [0.2, 0.25) is 15.1 Å². The Morgan fingerprint density at radius 3 is 2.24 bits per heavy atom. The average Bonchev–Trinajstić information content (AvgIpc) is 2.21. The number of rotatable bonds is 4. The number of benzene rings is 1. The molecule has 0 aliphatic rings. The van der Waals surface area contributed by atoms with Crippen molar-refractivity contribution in [3.8, 4) is 5.75 Å². The minimum absolute atomic E-state index is 0.0732. The molecular weight excluding hydrogens is 282 g/mol. The molecule has 17 heavy (non-hydrogen) atoms. The summed E-state index contributed by atoms with van der Waals surface area (Å²) in [6.45, 7) is 5.69. The standard InChI is InChI=1S/C12H15Cl3O2/c1-7(2)12(3,16)6-17-11-5-9(14)8(13)4-10(11)15/h4-5,7,16H,6H2,1-3H3. The molecule has 1 N–H and O–H groups in total. The van der Waals surface area contributed by atoms with Gasteiger partial charge in [-0.2, -0.15) is 0 Å². The topological polar surface area (TPSA) is 29.5 Å². The van der Waals surface area contributed by atoms with Gasteiger partial charge in [-0.25, -0.2) is 0 Å². The Balaban J connectivity index is 2.80. The fourth-order valence-corrected chi connectivity index (χ4v) is 1.60. The van der Waals surface area contributed by atoms with Gasteiger partial charge in [0, 0.05) is 6.07 Å². The molecule has 96 valence electrons. The van der Waals surface area contributed by atoms with Crippen molar-refractivity contribution in [2.75, 3.05) is 6.61 Å². The van der Waals surface area contributed by atoms with Crippen LogP contribution in [-0.4, -0.2) is 17.3 Å². The second kappa shape index (κ2) is 5.66. The third-order valence-electron chi connectivity index (χ3n) is 2.74. The molecule has 0 radical (unpaired) electrons. The van der Waals surface area contributed by atoms with Gasteiger partial charge >= 0.3 is 0 Å². The highest BCUT2D eigenvalue weighted by molar-refractivity contribution is 6.43. The molecule has 1 aromatic rings. The van der Waals surface area contributed by atoms with Gasteiger partial charge < -0.3 is 9.84 Å². The first-order chi connectivity index (χ1) is 7.74. The average molecular weight is 298 g/mol. The Morgan fingerprint density at radius 1 is 1.18 bits per heavy atom. The minimum Gasteiger partial charge on any atom is -0.489 e. The monoisotopic (exact) mass is 296 g/mol. The van der Waals surface area contributed by atoms with Crippen molar-refractivity contribution in [2.45, 2.75) is 26.4 Å². The number of hydrogen-bond donors (Lipinski definition) is 1. The van der Waals surface area contributed by atoms with Crippen molar-refractivity contribution in [1.29, 1.82) is 0 Å². The van der Waals surface area contributed by atoms with Crippen molar-refractivity contribution >= 4 is 34.8 Å². The van der Waals surface area contributed by atoms with Crippen LogP contribution in [0.1, 0.15) is 20.8 Å². The minimum atomic E-state index is -0.921. The van der Waals surface area contributed by atoms with Gasteiger partial charge in [-0.1, -0.05) is 48.7 Å². The van der Waals surface area contributed by atoms with Gasteiger partial charge in [0.15, 0.2) is 0 Å². The molecule has 0 saturated heterocycles. The maximum Gasteiger partial charge on any atom is 0.139 e. The number of hydrogen-bond acceptors (Lipinski definition) is 2. The summed E-state index contributed by atoms with van der Waals surface area (Å²) in [5.74, 6) is 0.492. The summed E-state index contributed by atoms with van der Waals surface area (Å²) in [7, 11) is 0. The maximum atomic E-state index is 10.0. The fraction of sp³-hybridized carbons (Fsp3) is 0.500. The summed E-state index contributed by atoms with van der Waals surface area (Å²) in [4.78, 5) is 0. The molecule has 0 saturated carbocycles. The van der Waals surface area contributed by atoms with Crippen LogP contribution in [0.15, 0.2) is 12.1 Å². The van der Waals surface area contributed by atoms with E-state index >= 15 is 0 Å². The van der Waals surface area contributed by atoms with Crippen LogP contribution >= 0.6 is 34.8 Å². The quantitative estimate of drug-likeness (QED) is 0.833. The third-order valence-corrected chi connectivity index (χ3v) is 3.76. The smallest absolute Gasteiger partial charge is 0.139 e. The molecule has 0 aromatic heterocycles. The van der Waals surface area contributed by atoms with E-state index < -0.39 is 5.60 Å². The van der Waals surface area contributed by atoms with Gasteiger partial charge in [0.05, 0.1) is 20.7 Å². The molecule has 5 heteroatoms. The summed E-state index contributed by atoms with van der Waals surface area (Å²) < 4.78 is 5.47. The molecule has 2 nitrogen and oxygen atoms in total. The molecule has 1 atom stereocenters. The summed E-state index contributed by atoms with van der Waals surface area (Å²) in [5, 5.41) is 11.2. The van der Waals surface area contributed by atoms with E-state index in [1.165, 1.54) is 6.07 Å². The first kappa shape index (κ1) is 14.9. The zero-order valence-corrected chi connectivity index (χ0v) is 12.2. The molecule has 0 amide bonds. The number of ether oxygens (including phenoxy) is 1. The van der Waals surface area contributed by atoms with E-state index in [1.54, 1.807) is 13.0 Å². The lowest BCUT2D eigenvalue weighted by Crippen LogP contribution is -2.37. The Kier molecular flexibility index (Phi) is 4.96. The van der Waals surface area contributed by atoms with Gasteiger partial charge in [-0.05, 0) is 18.9 Å². The molecule has 0 aliphatic heterocycles. The van der Waals surface area contributed by atoms with E-state index in [2.05, 4.69) is 0 Å². The van der Waals surface area contributed by atoms with Crippen LogP contribution in [-0.2, 0) is 0 Å². The van der Waals surface area contributed by atoms with Crippen LogP contribution in [0, 0.1) is 5.92 Å². The van der Waals surface area contributed by atoms with E-state index in [9.17, 15) is 5.11 Å². The molecule has 1 aromatic carbocycles. The van der Waals surface area contributed by atoms with E-state index in [1.807, 2.05) is 13.8 Å². The normalized spacial score (nSPS) is 14.8. The highest BCUT2D eigenvalue weighted by Gasteiger charge is 2.26. The van der Waals surface area contributed by atoms with E-state index in [4.69, 9.17) is 39.5 Å². The molecule has 1 rings (SSSR count). The fourth-order valence-electron chi connectivity index (χ4n) is 1.01. The van der Waals surface area contributed by atoms with Gasteiger partial charge in [0.1, 0.15) is 12.4 Å². The number of halogens is 3. The molecule has 0 spiro atoms. The lowest BCUT2D eigenvalue weighted by atomic mass is 9.94. The van der Waals surface area contributed by atoms with Crippen LogP contribution < -0.4 is 4.74 Å².